The molecule has 3 aromatic rings. The van der Waals surface area contributed by atoms with Crippen molar-refractivity contribution in [3.8, 4) is 0 Å². The molecule has 1 aromatic heterocycles. The smallest absolute Gasteiger partial charge is 0.257 e. The zero-order valence-electron chi connectivity index (χ0n) is 16.8. The van der Waals surface area contributed by atoms with E-state index in [0.717, 1.165) is 5.56 Å². The molecule has 2 N–H and O–H groups in total. The van der Waals surface area contributed by atoms with Crippen molar-refractivity contribution < 1.29 is 9.59 Å². The van der Waals surface area contributed by atoms with Gasteiger partial charge in [-0.15, -0.1) is 11.3 Å². The van der Waals surface area contributed by atoms with Gasteiger partial charge in [-0.2, -0.15) is 0 Å². The minimum Gasteiger partial charge on any atom is -0.348 e. The fourth-order valence-corrected chi connectivity index (χ4v) is 3.73. The zero-order chi connectivity index (χ0) is 20.9. The lowest BCUT2D eigenvalue weighted by atomic mass is 9.82. The van der Waals surface area contributed by atoms with Crippen molar-refractivity contribution in [2.45, 2.75) is 33.2 Å². The maximum atomic E-state index is 12.7. The number of hydrogen-bond acceptors (Lipinski definition) is 4. The number of nitrogens with zero attached hydrogens (tertiary/aromatic N) is 1. The van der Waals surface area contributed by atoms with Crippen LogP contribution in [0.1, 0.15) is 48.4 Å². The summed E-state index contributed by atoms with van der Waals surface area (Å²) < 4.78 is 0. The maximum Gasteiger partial charge on any atom is 0.257 e. The van der Waals surface area contributed by atoms with Gasteiger partial charge in [-0.05, 0) is 23.1 Å². The van der Waals surface area contributed by atoms with Gasteiger partial charge in [-0.1, -0.05) is 69.3 Å². The molecule has 150 valence electrons. The molecule has 0 bridgehead atoms. The first kappa shape index (κ1) is 20.7. The van der Waals surface area contributed by atoms with Crippen LogP contribution in [0, 0.1) is 5.41 Å². The quantitative estimate of drug-likeness (QED) is 0.614. The highest BCUT2D eigenvalue weighted by Crippen LogP contribution is 2.32. The Hall–Kier alpha value is -2.99. The van der Waals surface area contributed by atoms with Crippen LogP contribution in [0.5, 0.6) is 0 Å². The SMILES string of the molecule is CC(C)(C)C(NC(=O)Cc1csc(NC(=O)c2ccccc2)n1)c1ccccc1. The molecular weight excluding hydrogens is 382 g/mol. The molecule has 0 saturated heterocycles. The number of hydrogen-bond donors (Lipinski definition) is 2. The van der Waals surface area contributed by atoms with E-state index in [9.17, 15) is 9.59 Å². The predicted octanol–water partition coefficient (Wildman–Crippen LogP) is 4.84. The average molecular weight is 408 g/mol. The minimum atomic E-state index is -0.215. The van der Waals surface area contributed by atoms with Gasteiger partial charge in [-0.3, -0.25) is 14.9 Å². The highest BCUT2D eigenvalue weighted by molar-refractivity contribution is 7.14. The number of carbonyl (C=O) groups excluding carboxylic acids is 2. The van der Waals surface area contributed by atoms with E-state index in [0.29, 0.717) is 16.4 Å². The summed E-state index contributed by atoms with van der Waals surface area (Å²) in [6, 6.07) is 18.8. The van der Waals surface area contributed by atoms with Gasteiger partial charge in [-0.25, -0.2) is 4.98 Å². The predicted molar refractivity (Wildman–Crippen MR) is 117 cm³/mol. The Morgan fingerprint density at radius 3 is 2.24 bits per heavy atom. The first-order valence-electron chi connectivity index (χ1n) is 9.48. The molecule has 0 fully saturated rings. The average Bonchev–Trinajstić information content (AvgIpc) is 3.13. The zero-order valence-corrected chi connectivity index (χ0v) is 17.6. The summed E-state index contributed by atoms with van der Waals surface area (Å²) in [5.41, 5.74) is 2.14. The Labute approximate surface area is 175 Å². The molecule has 1 atom stereocenters. The van der Waals surface area contributed by atoms with Gasteiger partial charge in [0, 0.05) is 10.9 Å². The number of rotatable bonds is 6. The summed E-state index contributed by atoms with van der Waals surface area (Å²) >= 11 is 1.31. The third-order valence-corrected chi connectivity index (χ3v) is 5.26. The van der Waals surface area contributed by atoms with E-state index >= 15 is 0 Å². The monoisotopic (exact) mass is 407 g/mol. The molecule has 2 amide bonds. The molecule has 0 spiro atoms. The van der Waals surface area contributed by atoms with E-state index < -0.39 is 0 Å². The molecule has 1 heterocycles. The normalized spacial score (nSPS) is 12.2. The largest absolute Gasteiger partial charge is 0.348 e. The molecule has 0 aliphatic carbocycles. The van der Waals surface area contributed by atoms with Crippen LogP contribution in [-0.2, 0) is 11.2 Å². The molecule has 1 unspecified atom stereocenters. The molecule has 3 rings (SSSR count). The summed E-state index contributed by atoms with van der Waals surface area (Å²) in [7, 11) is 0. The Kier molecular flexibility index (Phi) is 6.44. The maximum absolute atomic E-state index is 12.7. The lowest BCUT2D eigenvalue weighted by Gasteiger charge is -2.32. The first-order chi connectivity index (χ1) is 13.8. The van der Waals surface area contributed by atoms with E-state index in [-0.39, 0.29) is 29.7 Å². The van der Waals surface area contributed by atoms with Gasteiger partial charge >= 0.3 is 0 Å². The van der Waals surface area contributed by atoms with Gasteiger partial charge in [0.15, 0.2) is 5.13 Å². The molecular formula is C23H25N3O2S. The van der Waals surface area contributed by atoms with Crippen LogP contribution in [0.25, 0.3) is 0 Å². The van der Waals surface area contributed by atoms with Crippen LogP contribution < -0.4 is 10.6 Å². The third kappa shape index (κ3) is 5.74. The number of anilines is 1. The highest BCUT2D eigenvalue weighted by atomic mass is 32.1. The standard InChI is InChI=1S/C23H25N3O2S/c1-23(2,3)20(16-10-6-4-7-11-16)25-19(27)14-18-15-29-22(24-18)26-21(28)17-12-8-5-9-13-17/h4-13,15,20H,14H2,1-3H3,(H,25,27)(H,24,26,28). The number of benzene rings is 2. The third-order valence-electron chi connectivity index (χ3n) is 4.45. The van der Waals surface area contributed by atoms with Crippen LogP contribution in [0.15, 0.2) is 66.0 Å². The first-order valence-corrected chi connectivity index (χ1v) is 10.4. The van der Waals surface area contributed by atoms with E-state index in [1.807, 2.05) is 48.5 Å². The van der Waals surface area contributed by atoms with Gasteiger partial charge in [0.1, 0.15) is 0 Å². The number of thiazole rings is 1. The summed E-state index contributed by atoms with van der Waals surface area (Å²) in [5, 5.41) is 8.20. The number of carbonyl (C=O) groups is 2. The Bertz CT molecular complexity index is 963. The Balaban J connectivity index is 1.63. The van der Waals surface area contributed by atoms with E-state index in [1.165, 1.54) is 11.3 Å². The number of amides is 2. The second-order valence-electron chi connectivity index (χ2n) is 7.92. The summed E-state index contributed by atoms with van der Waals surface area (Å²) in [4.78, 5) is 29.3. The molecule has 0 aliphatic heterocycles. The van der Waals surface area contributed by atoms with Crippen molar-refractivity contribution in [1.82, 2.24) is 10.3 Å². The van der Waals surface area contributed by atoms with Crippen molar-refractivity contribution in [3.63, 3.8) is 0 Å². The van der Waals surface area contributed by atoms with Crippen LogP contribution in [0.2, 0.25) is 0 Å². The van der Waals surface area contributed by atoms with Crippen LogP contribution >= 0.6 is 11.3 Å². The summed E-state index contributed by atoms with van der Waals surface area (Å²) in [6.07, 6.45) is 0.164. The number of nitrogens with one attached hydrogen (secondary N) is 2. The second kappa shape index (κ2) is 9.01. The van der Waals surface area contributed by atoms with Crippen molar-refractivity contribution in [1.29, 1.82) is 0 Å². The van der Waals surface area contributed by atoms with Gasteiger partial charge in [0.05, 0.1) is 18.2 Å². The van der Waals surface area contributed by atoms with Crippen molar-refractivity contribution in [3.05, 3.63) is 82.9 Å². The Morgan fingerprint density at radius 2 is 1.62 bits per heavy atom. The minimum absolute atomic E-state index is 0.0972. The topological polar surface area (TPSA) is 71.1 Å². The lowest BCUT2D eigenvalue weighted by Crippen LogP contribution is -2.37. The van der Waals surface area contributed by atoms with Crippen LogP contribution in [0.3, 0.4) is 0 Å². The number of aromatic nitrogens is 1. The Morgan fingerprint density at radius 1 is 1.00 bits per heavy atom. The summed E-state index contributed by atoms with van der Waals surface area (Å²) in [6.45, 7) is 6.31. The molecule has 0 radical (unpaired) electrons. The van der Waals surface area contributed by atoms with Gasteiger partial charge in [0.2, 0.25) is 5.91 Å². The summed E-state index contributed by atoms with van der Waals surface area (Å²) in [5.74, 6) is -0.312. The van der Waals surface area contributed by atoms with Crippen LogP contribution in [0.4, 0.5) is 5.13 Å². The lowest BCUT2D eigenvalue weighted by molar-refractivity contribution is -0.122. The van der Waals surface area contributed by atoms with Crippen molar-refractivity contribution in [2.24, 2.45) is 5.41 Å². The van der Waals surface area contributed by atoms with E-state index in [2.05, 4.69) is 36.4 Å². The molecule has 5 nitrogen and oxygen atoms in total. The van der Waals surface area contributed by atoms with Crippen LogP contribution in [-0.4, -0.2) is 16.8 Å². The molecule has 0 aliphatic rings. The highest BCUT2D eigenvalue weighted by Gasteiger charge is 2.27. The van der Waals surface area contributed by atoms with E-state index in [4.69, 9.17) is 0 Å². The molecule has 29 heavy (non-hydrogen) atoms. The molecule has 6 heteroatoms. The fourth-order valence-electron chi connectivity index (χ4n) is 3.03. The molecule has 2 aromatic carbocycles. The second-order valence-corrected chi connectivity index (χ2v) is 8.78. The van der Waals surface area contributed by atoms with Gasteiger partial charge < -0.3 is 5.32 Å². The van der Waals surface area contributed by atoms with Crippen molar-refractivity contribution in [2.75, 3.05) is 5.32 Å². The fraction of sp³-hybridized carbons (Fsp3) is 0.261. The molecule has 0 saturated carbocycles. The van der Waals surface area contributed by atoms with Crippen molar-refractivity contribution >= 4 is 28.3 Å². The van der Waals surface area contributed by atoms with Gasteiger partial charge in [0.25, 0.3) is 5.91 Å². The van der Waals surface area contributed by atoms with E-state index in [1.54, 1.807) is 17.5 Å².